The van der Waals surface area contributed by atoms with E-state index in [1.807, 2.05) is 0 Å². The van der Waals surface area contributed by atoms with Gasteiger partial charge < -0.3 is 15.5 Å². The van der Waals surface area contributed by atoms with Crippen LogP contribution < -0.4 is 5.32 Å². The third kappa shape index (κ3) is 14.9. The average Bonchev–Trinajstić information content (AvgIpc) is 2.59. The van der Waals surface area contributed by atoms with Crippen LogP contribution in [-0.4, -0.2) is 34.2 Å². The smallest absolute Gasteiger partial charge is 0.303 e. The second kappa shape index (κ2) is 16.4. The highest BCUT2D eigenvalue weighted by molar-refractivity contribution is 5.80. The van der Waals surface area contributed by atoms with Crippen LogP contribution in [0.2, 0.25) is 0 Å². The zero-order chi connectivity index (χ0) is 18.9. The van der Waals surface area contributed by atoms with Gasteiger partial charge in [0.15, 0.2) is 0 Å². The number of hydrogen-bond acceptors (Lipinski definition) is 3. The van der Waals surface area contributed by atoms with Gasteiger partial charge in [0.05, 0.1) is 0 Å². The van der Waals surface area contributed by atoms with E-state index in [1.54, 1.807) is 0 Å². The number of unbranched alkanes of at least 4 members (excludes halogenated alkanes) is 8. The molecule has 0 aromatic heterocycles. The zero-order valence-electron chi connectivity index (χ0n) is 16.3. The second-order valence-electron chi connectivity index (χ2n) is 7.06. The summed E-state index contributed by atoms with van der Waals surface area (Å²) >= 11 is 0. The molecule has 3 N–H and O–H groups in total. The van der Waals surface area contributed by atoms with E-state index in [-0.39, 0.29) is 18.4 Å². The Bertz CT molecular complexity index is 347. The van der Waals surface area contributed by atoms with E-state index in [0.29, 0.717) is 12.8 Å². The van der Waals surface area contributed by atoms with Gasteiger partial charge in [-0.15, -0.1) is 0 Å². The number of carbonyl (C=O) groups is 2. The Morgan fingerprint density at radius 2 is 1.36 bits per heavy atom. The van der Waals surface area contributed by atoms with Crippen molar-refractivity contribution >= 4 is 11.9 Å². The summed E-state index contributed by atoms with van der Waals surface area (Å²) in [7, 11) is 0. The lowest BCUT2D eigenvalue weighted by Gasteiger charge is -2.20. The van der Waals surface area contributed by atoms with E-state index in [9.17, 15) is 14.7 Å². The van der Waals surface area contributed by atoms with Crippen LogP contribution in [0.15, 0.2) is 0 Å². The molecule has 0 saturated heterocycles. The summed E-state index contributed by atoms with van der Waals surface area (Å²) < 4.78 is 0. The van der Waals surface area contributed by atoms with Gasteiger partial charge >= 0.3 is 5.97 Å². The lowest BCUT2D eigenvalue weighted by atomic mass is 10.0. The van der Waals surface area contributed by atoms with Crippen LogP contribution >= 0.6 is 0 Å². The summed E-state index contributed by atoms with van der Waals surface area (Å²) in [5, 5.41) is 21.6. The van der Waals surface area contributed by atoms with Crippen molar-refractivity contribution in [3.05, 3.63) is 0 Å². The molecule has 0 heterocycles. The first-order valence-corrected chi connectivity index (χ1v) is 10.2. The molecule has 5 nitrogen and oxygen atoms in total. The van der Waals surface area contributed by atoms with Crippen molar-refractivity contribution in [1.29, 1.82) is 0 Å². The first-order chi connectivity index (χ1) is 12.0. The number of aliphatic hydroxyl groups excluding tert-OH is 1. The summed E-state index contributed by atoms with van der Waals surface area (Å²) in [5.74, 6) is -1.20. The predicted octanol–water partition coefficient (Wildman–Crippen LogP) is 4.42. The average molecular weight is 358 g/mol. The molecule has 0 bridgehead atoms. The Morgan fingerprint density at radius 3 is 1.92 bits per heavy atom. The molecule has 0 radical (unpaired) electrons. The van der Waals surface area contributed by atoms with E-state index in [2.05, 4.69) is 19.2 Å². The van der Waals surface area contributed by atoms with Gasteiger partial charge in [0.2, 0.25) is 5.91 Å². The Hall–Kier alpha value is -1.10. The lowest BCUT2D eigenvalue weighted by Crippen LogP contribution is -2.41. The summed E-state index contributed by atoms with van der Waals surface area (Å²) in [6, 6.07) is -0.156. The summed E-state index contributed by atoms with van der Waals surface area (Å²) in [6.07, 6.45) is 12.1. The van der Waals surface area contributed by atoms with Gasteiger partial charge in [0.1, 0.15) is 6.10 Å². The van der Waals surface area contributed by atoms with E-state index in [0.717, 1.165) is 38.5 Å². The molecule has 0 aromatic carbocycles. The highest BCUT2D eigenvalue weighted by atomic mass is 16.4. The number of carboxylic acids is 1. The van der Waals surface area contributed by atoms with Crippen LogP contribution in [0.4, 0.5) is 0 Å². The van der Waals surface area contributed by atoms with Crippen LogP contribution in [0.3, 0.4) is 0 Å². The fourth-order valence-electron chi connectivity index (χ4n) is 2.94. The molecule has 0 aliphatic heterocycles. The Labute approximate surface area is 153 Å². The molecular weight excluding hydrogens is 318 g/mol. The van der Waals surface area contributed by atoms with Gasteiger partial charge in [-0.25, -0.2) is 0 Å². The molecule has 0 aromatic rings. The van der Waals surface area contributed by atoms with E-state index >= 15 is 0 Å². The second-order valence-corrected chi connectivity index (χ2v) is 7.06. The van der Waals surface area contributed by atoms with E-state index in [4.69, 9.17) is 5.11 Å². The van der Waals surface area contributed by atoms with Crippen LogP contribution in [-0.2, 0) is 9.59 Å². The summed E-state index contributed by atoms with van der Waals surface area (Å²) in [4.78, 5) is 22.8. The van der Waals surface area contributed by atoms with E-state index in [1.165, 1.54) is 32.1 Å². The van der Waals surface area contributed by atoms with Crippen LogP contribution in [0.5, 0.6) is 0 Å². The molecule has 0 fully saturated rings. The molecule has 0 rings (SSSR count). The number of rotatable bonds is 17. The zero-order valence-corrected chi connectivity index (χ0v) is 16.3. The molecule has 1 amide bonds. The maximum Gasteiger partial charge on any atom is 0.303 e. The normalized spacial score (nSPS) is 13.4. The topological polar surface area (TPSA) is 86.6 Å². The molecule has 5 heteroatoms. The summed E-state index contributed by atoms with van der Waals surface area (Å²) in [5.41, 5.74) is 0. The molecule has 2 unspecified atom stereocenters. The molecule has 0 saturated carbocycles. The largest absolute Gasteiger partial charge is 0.481 e. The maximum atomic E-state index is 12.1. The Morgan fingerprint density at radius 1 is 0.800 bits per heavy atom. The van der Waals surface area contributed by atoms with Gasteiger partial charge in [-0.05, 0) is 19.3 Å². The van der Waals surface area contributed by atoms with Crippen molar-refractivity contribution in [3.63, 3.8) is 0 Å². The number of carbonyl (C=O) groups excluding carboxylic acids is 1. The maximum absolute atomic E-state index is 12.1. The molecule has 25 heavy (non-hydrogen) atoms. The Kier molecular flexibility index (Phi) is 15.7. The standard InChI is InChI=1S/C20H39NO4/c1-3-5-7-8-9-10-11-12-14-18(22)20(25)21-17(13-6-4-2)15-16-19(23)24/h17-18,22H,3-16H2,1-2H3,(H,21,25)(H,23,24). The third-order valence-electron chi connectivity index (χ3n) is 4.59. The predicted molar refractivity (Wildman–Crippen MR) is 102 cm³/mol. The highest BCUT2D eigenvalue weighted by Crippen LogP contribution is 2.12. The fourth-order valence-corrected chi connectivity index (χ4v) is 2.94. The number of aliphatic hydroxyl groups is 1. The van der Waals surface area contributed by atoms with Crippen LogP contribution in [0, 0.1) is 0 Å². The number of carboxylic acid groups (broad SMARTS) is 1. The molecule has 2 atom stereocenters. The fraction of sp³-hybridized carbons (Fsp3) is 0.900. The van der Waals surface area contributed by atoms with Gasteiger partial charge in [-0.3, -0.25) is 9.59 Å². The minimum atomic E-state index is -0.978. The van der Waals surface area contributed by atoms with Gasteiger partial charge in [-0.1, -0.05) is 78.1 Å². The molecule has 0 spiro atoms. The van der Waals surface area contributed by atoms with Crippen molar-refractivity contribution < 1.29 is 19.8 Å². The van der Waals surface area contributed by atoms with Gasteiger partial charge in [-0.2, -0.15) is 0 Å². The molecular formula is C20H39NO4. The van der Waals surface area contributed by atoms with Crippen molar-refractivity contribution in [1.82, 2.24) is 5.32 Å². The number of aliphatic carboxylic acids is 1. The summed E-state index contributed by atoms with van der Waals surface area (Å²) in [6.45, 7) is 4.27. The molecule has 0 aliphatic rings. The van der Waals surface area contributed by atoms with Crippen molar-refractivity contribution in [3.8, 4) is 0 Å². The minimum absolute atomic E-state index is 0.0444. The SMILES string of the molecule is CCCCCCCCCCC(O)C(=O)NC(CCCC)CCC(=O)O. The number of nitrogens with one attached hydrogen (secondary N) is 1. The van der Waals surface area contributed by atoms with Crippen LogP contribution in [0.1, 0.15) is 104 Å². The number of hydrogen-bond donors (Lipinski definition) is 3. The first kappa shape index (κ1) is 23.9. The molecule has 0 aliphatic carbocycles. The highest BCUT2D eigenvalue weighted by Gasteiger charge is 2.19. The first-order valence-electron chi connectivity index (χ1n) is 10.2. The minimum Gasteiger partial charge on any atom is -0.481 e. The van der Waals surface area contributed by atoms with Crippen LogP contribution in [0.25, 0.3) is 0 Å². The molecule has 148 valence electrons. The van der Waals surface area contributed by atoms with E-state index < -0.39 is 12.1 Å². The van der Waals surface area contributed by atoms with Gasteiger partial charge in [0, 0.05) is 12.5 Å². The van der Waals surface area contributed by atoms with Crippen molar-refractivity contribution in [2.75, 3.05) is 0 Å². The third-order valence-corrected chi connectivity index (χ3v) is 4.59. The number of amides is 1. The van der Waals surface area contributed by atoms with Gasteiger partial charge in [0.25, 0.3) is 0 Å². The quantitative estimate of drug-likeness (QED) is 0.336. The monoisotopic (exact) mass is 357 g/mol. The Balaban J connectivity index is 3.92. The van der Waals surface area contributed by atoms with Crippen molar-refractivity contribution in [2.45, 2.75) is 116 Å². The lowest BCUT2D eigenvalue weighted by molar-refractivity contribution is -0.138. The van der Waals surface area contributed by atoms with Crippen molar-refractivity contribution in [2.24, 2.45) is 0 Å².